The van der Waals surface area contributed by atoms with E-state index >= 15 is 0 Å². The zero-order valence-electron chi connectivity index (χ0n) is 13.4. The Balaban J connectivity index is 0.00000156. The molecule has 1 N–H and O–H groups in total. The monoisotopic (exact) mass is 337 g/mol. The van der Waals surface area contributed by atoms with Crippen molar-refractivity contribution in [3.8, 4) is 0 Å². The van der Waals surface area contributed by atoms with Gasteiger partial charge in [0.05, 0.1) is 6.54 Å². The highest BCUT2D eigenvalue weighted by atomic mass is 35.5. The average molecular weight is 338 g/mol. The second-order valence-electron chi connectivity index (χ2n) is 6.68. The Bertz CT molecular complexity index is 715. The molecule has 4 rings (SSSR count). The van der Waals surface area contributed by atoms with Crippen LogP contribution in [-0.4, -0.2) is 50.8 Å². The molecule has 2 fully saturated rings. The molecule has 0 radical (unpaired) electrons. The van der Waals surface area contributed by atoms with Crippen molar-refractivity contribution in [1.82, 2.24) is 24.4 Å². The Morgan fingerprint density at radius 3 is 2.74 bits per heavy atom. The number of pyridine rings is 1. The Kier molecular flexibility index (Phi) is 4.75. The third-order valence-electron chi connectivity index (χ3n) is 5.22. The number of aromatic nitrogens is 3. The third kappa shape index (κ3) is 3.16. The summed E-state index contributed by atoms with van der Waals surface area (Å²) in [5, 5.41) is 8.08. The van der Waals surface area contributed by atoms with E-state index in [2.05, 4.69) is 22.4 Å². The molecule has 126 valence electrons. The lowest BCUT2D eigenvalue weighted by Gasteiger charge is -2.35. The van der Waals surface area contributed by atoms with Gasteiger partial charge in [-0.2, -0.15) is 0 Å². The van der Waals surface area contributed by atoms with E-state index in [9.17, 15) is 4.79 Å². The molecule has 0 spiro atoms. The zero-order valence-corrected chi connectivity index (χ0v) is 14.2. The first kappa shape index (κ1) is 16.5. The van der Waals surface area contributed by atoms with E-state index in [4.69, 9.17) is 0 Å². The SMILES string of the molecule is CN(CCn1nc2ccccn2c1=O)C1CC2CCC(C1)N2.Cl. The van der Waals surface area contributed by atoms with Gasteiger partial charge in [0.1, 0.15) is 0 Å². The minimum absolute atomic E-state index is 0. The van der Waals surface area contributed by atoms with Crippen molar-refractivity contribution in [3.05, 3.63) is 34.9 Å². The highest BCUT2D eigenvalue weighted by Crippen LogP contribution is 2.29. The van der Waals surface area contributed by atoms with Crippen molar-refractivity contribution in [1.29, 1.82) is 0 Å². The Labute approximate surface area is 141 Å². The van der Waals surface area contributed by atoms with E-state index in [1.807, 2.05) is 18.2 Å². The number of piperidine rings is 1. The molecule has 2 bridgehead atoms. The topological polar surface area (TPSA) is 54.6 Å². The Morgan fingerprint density at radius 2 is 2.04 bits per heavy atom. The van der Waals surface area contributed by atoms with E-state index in [1.54, 1.807) is 15.3 Å². The molecular formula is C16H24ClN5O. The van der Waals surface area contributed by atoms with Gasteiger partial charge in [-0.15, -0.1) is 17.5 Å². The molecule has 6 nitrogen and oxygen atoms in total. The molecule has 2 aromatic heterocycles. The van der Waals surface area contributed by atoms with Gasteiger partial charge >= 0.3 is 5.69 Å². The lowest BCUT2D eigenvalue weighted by molar-refractivity contribution is 0.165. The molecule has 4 heterocycles. The third-order valence-corrected chi connectivity index (χ3v) is 5.22. The minimum Gasteiger partial charge on any atom is -0.311 e. The van der Waals surface area contributed by atoms with Crippen LogP contribution < -0.4 is 11.0 Å². The van der Waals surface area contributed by atoms with Crippen molar-refractivity contribution < 1.29 is 0 Å². The normalized spacial score (nSPS) is 26.6. The summed E-state index contributed by atoms with van der Waals surface area (Å²) in [6.07, 6.45) is 6.87. The highest BCUT2D eigenvalue weighted by molar-refractivity contribution is 5.85. The van der Waals surface area contributed by atoms with Gasteiger partial charge < -0.3 is 10.2 Å². The van der Waals surface area contributed by atoms with Crippen LogP contribution in [0.5, 0.6) is 0 Å². The van der Waals surface area contributed by atoms with Crippen LogP contribution in [-0.2, 0) is 6.54 Å². The summed E-state index contributed by atoms with van der Waals surface area (Å²) >= 11 is 0. The number of nitrogens with one attached hydrogen (secondary N) is 1. The first-order valence-electron chi connectivity index (χ1n) is 8.21. The highest BCUT2D eigenvalue weighted by Gasteiger charge is 2.34. The molecule has 0 aromatic carbocycles. The predicted octanol–water partition coefficient (Wildman–Crippen LogP) is 1.13. The van der Waals surface area contributed by atoms with Crippen LogP contribution in [0.4, 0.5) is 0 Å². The molecule has 2 aliphatic rings. The number of likely N-dealkylation sites (N-methyl/N-ethyl adjacent to an activating group) is 1. The maximum atomic E-state index is 12.3. The van der Waals surface area contributed by atoms with Crippen LogP contribution in [0.15, 0.2) is 29.2 Å². The number of hydrogen-bond acceptors (Lipinski definition) is 4. The van der Waals surface area contributed by atoms with E-state index in [-0.39, 0.29) is 18.1 Å². The molecule has 2 saturated heterocycles. The van der Waals surface area contributed by atoms with Crippen molar-refractivity contribution >= 4 is 18.1 Å². The van der Waals surface area contributed by atoms with E-state index in [0.717, 1.165) is 12.2 Å². The summed E-state index contributed by atoms with van der Waals surface area (Å²) in [5.74, 6) is 0. The maximum Gasteiger partial charge on any atom is 0.350 e. The number of fused-ring (bicyclic) bond motifs is 3. The first-order valence-corrected chi connectivity index (χ1v) is 8.21. The molecule has 0 aliphatic carbocycles. The van der Waals surface area contributed by atoms with Gasteiger partial charge in [-0.25, -0.2) is 9.48 Å². The standard InChI is InChI=1S/C16H23N5O.ClH/c1-19(14-10-12-5-6-13(11-14)17-12)8-9-21-16(22)20-7-3-2-4-15(20)18-21;/h2-4,7,12-14,17H,5-6,8-11H2,1H3;1H. The molecule has 2 unspecified atom stereocenters. The van der Waals surface area contributed by atoms with Gasteiger partial charge in [0, 0.05) is 30.9 Å². The van der Waals surface area contributed by atoms with Gasteiger partial charge in [-0.05, 0) is 44.9 Å². The zero-order chi connectivity index (χ0) is 15.1. The second-order valence-corrected chi connectivity index (χ2v) is 6.68. The van der Waals surface area contributed by atoms with Gasteiger partial charge in [-0.1, -0.05) is 6.07 Å². The molecule has 0 amide bonds. The summed E-state index contributed by atoms with van der Waals surface area (Å²) in [7, 11) is 2.18. The molecule has 2 aromatic rings. The number of nitrogens with zero attached hydrogens (tertiary/aromatic N) is 4. The maximum absolute atomic E-state index is 12.3. The molecule has 2 atom stereocenters. The van der Waals surface area contributed by atoms with Crippen LogP contribution in [0.25, 0.3) is 5.65 Å². The lowest BCUT2D eigenvalue weighted by Crippen LogP contribution is -2.47. The summed E-state index contributed by atoms with van der Waals surface area (Å²) in [5.41, 5.74) is 0.671. The molecule has 2 aliphatic heterocycles. The fraction of sp³-hybridized carbons (Fsp3) is 0.625. The van der Waals surface area contributed by atoms with E-state index in [1.165, 1.54) is 25.7 Å². The summed E-state index contributed by atoms with van der Waals surface area (Å²) in [6.45, 7) is 1.52. The van der Waals surface area contributed by atoms with Gasteiger partial charge in [0.25, 0.3) is 0 Å². The van der Waals surface area contributed by atoms with Gasteiger partial charge in [-0.3, -0.25) is 4.40 Å². The van der Waals surface area contributed by atoms with Crippen molar-refractivity contribution in [2.45, 2.75) is 50.4 Å². The fourth-order valence-corrected chi connectivity index (χ4v) is 3.94. The number of halogens is 1. The molecule has 7 heteroatoms. The molecule has 23 heavy (non-hydrogen) atoms. The van der Waals surface area contributed by atoms with Gasteiger partial charge in [0.2, 0.25) is 0 Å². The largest absolute Gasteiger partial charge is 0.350 e. The minimum atomic E-state index is -0.0469. The van der Waals surface area contributed by atoms with Gasteiger partial charge in [0.15, 0.2) is 5.65 Å². The number of rotatable bonds is 4. The summed E-state index contributed by atoms with van der Waals surface area (Å²) in [6, 6.07) is 7.66. The summed E-state index contributed by atoms with van der Waals surface area (Å²) < 4.78 is 3.19. The predicted molar refractivity (Wildman–Crippen MR) is 92.3 cm³/mol. The van der Waals surface area contributed by atoms with E-state index < -0.39 is 0 Å². The van der Waals surface area contributed by atoms with Crippen molar-refractivity contribution in [2.75, 3.05) is 13.6 Å². The van der Waals surface area contributed by atoms with Crippen molar-refractivity contribution in [3.63, 3.8) is 0 Å². The van der Waals surface area contributed by atoms with E-state index in [0.29, 0.717) is 24.7 Å². The average Bonchev–Trinajstić information content (AvgIpc) is 3.05. The summed E-state index contributed by atoms with van der Waals surface area (Å²) in [4.78, 5) is 14.7. The van der Waals surface area contributed by atoms with Crippen LogP contribution in [0.2, 0.25) is 0 Å². The van der Waals surface area contributed by atoms with Crippen LogP contribution >= 0.6 is 12.4 Å². The smallest absolute Gasteiger partial charge is 0.311 e. The Morgan fingerprint density at radius 1 is 1.30 bits per heavy atom. The first-order chi connectivity index (χ1) is 10.7. The van der Waals surface area contributed by atoms with Crippen LogP contribution in [0, 0.1) is 0 Å². The van der Waals surface area contributed by atoms with Crippen LogP contribution in [0.3, 0.4) is 0 Å². The molecular weight excluding hydrogens is 314 g/mol. The Hall–Kier alpha value is -1.37. The molecule has 0 saturated carbocycles. The lowest BCUT2D eigenvalue weighted by atomic mass is 9.98. The second kappa shape index (κ2) is 6.63. The van der Waals surface area contributed by atoms with Crippen LogP contribution in [0.1, 0.15) is 25.7 Å². The number of hydrogen-bond donors (Lipinski definition) is 1. The fourth-order valence-electron chi connectivity index (χ4n) is 3.94. The van der Waals surface area contributed by atoms with Crippen molar-refractivity contribution in [2.24, 2.45) is 0 Å². The quantitative estimate of drug-likeness (QED) is 0.909.